The van der Waals surface area contributed by atoms with E-state index >= 15 is 0 Å². The Bertz CT molecular complexity index is 1660. The predicted octanol–water partition coefficient (Wildman–Crippen LogP) is 5.36. The van der Waals surface area contributed by atoms with Gasteiger partial charge in [0.1, 0.15) is 0 Å². The number of carbonyl (C=O) groups excluding carboxylic acids is 2. The van der Waals surface area contributed by atoms with E-state index in [0.717, 1.165) is 18.9 Å². The van der Waals surface area contributed by atoms with Gasteiger partial charge in [-0.05, 0) is 73.0 Å². The lowest BCUT2D eigenvalue weighted by atomic mass is 10.0. The Balaban J connectivity index is 1.29. The molecular weight excluding hydrogens is 610 g/mol. The number of carbonyl (C=O) groups is 2. The molecule has 0 saturated carbocycles. The minimum atomic E-state index is -4.99. The van der Waals surface area contributed by atoms with Crippen LogP contribution in [0.25, 0.3) is 17.0 Å². The van der Waals surface area contributed by atoms with Gasteiger partial charge in [-0.3, -0.25) is 19.2 Å². The zero-order valence-electron chi connectivity index (χ0n) is 23.6. The number of hydrogen-bond donors (Lipinski definition) is 1. The van der Waals surface area contributed by atoms with Crippen molar-refractivity contribution in [1.29, 1.82) is 0 Å². The Hall–Kier alpha value is -3.85. The summed E-state index contributed by atoms with van der Waals surface area (Å²) in [5.74, 6) is -0.761. The highest BCUT2D eigenvalue weighted by atomic mass is 32.2. The summed E-state index contributed by atoms with van der Waals surface area (Å²) in [7, 11) is 1.88. The van der Waals surface area contributed by atoms with E-state index in [1.807, 2.05) is 16.8 Å². The zero-order valence-corrected chi connectivity index (χ0v) is 24.4. The van der Waals surface area contributed by atoms with Crippen LogP contribution < -0.4 is 5.73 Å². The number of amides is 2. The SMILES string of the molecule is CC(C(N)=O)N1CCC(N(C)C2=NC(=O)C(=Cc3ccc4c(cnn4Cc4ccc(C(F)(F)F)cc4C(F)(F)F)c3)S2)CC1. The second-order valence-electron chi connectivity index (χ2n) is 10.8. The van der Waals surface area contributed by atoms with Crippen LogP contribution >= 0.6 is 11.8 Å². The molecule has 1 unspecified atom stereocenters. The third-order valence-corrected chi connectivity index (χ3v) is 9.02. The van der Waals surface area contributed by atoms with Crippen LogP contribution in [0.2, 0.25) is 0 Å². The van der Waals surface area contributed by atoms with Gasteiger partial charge < -0.3 is 10.6 Å². The quantitative estimate of drug-likeness (QED) is 0.289. The number of rotatable bonds is 6. The lowest BCUT2D eigenvalue weighted by Gasteiger charge is -2.38. The summed E-state index contributed by atoms with van der Waals surface area (Å²) in [4.78, 5) is 32.8. The fourth-order valence-electron chi connectivity index (χ4n) is 5.33. The molecule has 2 aliphatic rings. The highest BCUT2D eigenvalue weighted by Gasteiger charge is 2.38. The second kappa shape index (κ2) is 11.9. The summed E-state index contributed by atoms with van der Waals surface area (Å²) in [6.45, 7) is 2.77. The van der Waals surface area contributed by atoms with E-state index < -0.39 is 35.9 Å². The van der Waals surface area contributed by atoms with E-state index in [2.05, 4.69) is 10.1 Å². The Labute approximate surface area is 252 Å². The van der Waals surface area contributed by atoms with Crippen LogP contribution in [0.4, 0.5) is 26.3 Å². The van der Waals surface area contributed by atoms with Gasteiger partial charge in [-0.2, -0.15) is 36.4 Å². The first kappa shape index (κ1) is 31.6. The van der Waals surface area contributed by atoms with Crippen LogP contribution in [0.15, 0.2) is 52.5 Å². The highest BCUT2D eigenvalue weighted by molar-refractivity contribution is 8.18. The molecule has 1 atom stereocenters. The molecule has 2 N–H and O–H groups in total. The molecule has 15 heteroatoms. The maximum absolute atomic E-state index is 13.6. The Morgan fingerprint density at radius 3 is 2.45 bits per heavy atom. The van der Waals surface area contributed by atoms with E-state index in [1.54, 1.807) is 31.2 Å². The first-order chi connectivity index (χ1) is 20.6. The number of aromatic nitrogens is 2. The van der Waals surface area contributed by atoms with E-state index in [-0.39, 0.29) is 29.6 Å². The van der Waals surface area contributed by atoms with Crippen LogP contribution in [-0.2, 0) is 28.5 Å². The molecule has 0 radical (unpaired) electrons. The Morgan fingerprint density at radius 1 is 1.11 bits per heavy atom. The van der Waals surface area contributed by atoms with Crippen molar-refractivity contribution < 1.29 is 35.9 Å². The fraction of sp³-hybridized carbons (Fsp3) is 0.379. The van der Waals surface area contributed by atoms with E-state index in [9.17, 15) is 35.9 Å². The molecule has 2 aromatic carbocycles. The molecule has 44 heavy (non-hydrogen) atoms. The number of hydrogen-bond acceptors (Lipinski definition) is 6. The van der Waals surface area contributed by atoms with Crippen LogP contribution in [0.5, 0.6) is 0 Å². The molecule has 1 fully saturated rings. The summed E-state index contributed by atoms with van der Waals surface area (Å²) < 4.78 is 81.3. The van der Waals surface area contributed by atoms with E-state index in [4.69, 9.17) is 5.73 Å². The molecule has 1 aromatic heterocycles. The molecule has 2 aliphatic heterocycles. The van der Waals surface area contributed by atoms with Crippen molar-refractivity contribution in [2.24, 2.45) is 10.7 Å². The first-order valence-corrected chi connectivity index (χ1v) is 14.4. The average Bonchev–Trinajstić information content (AvgIpc) is 3.53. The molecular formula is C29H28F6N6O2S. The largest absolute Gasteiger partial charge is 0.416 e. The topological polar surface area (TPSA) is 96.8 Å². The number of benzene rings is 2. The van der Waals surface area contributed by atoms with Gasteiger partial charge in [0.2, 0.25) is 5.91 Å². The lowest BCUT2D eigenvalue weighted by Crippen LogP contribution is -2.50. The summed E-state index contributed by atoms with van der Waals surface area (Å²) >= 11 is 1.24. The van der Waals surface area contributed by atoms with Gasteiger partial charge in [-0.25, -0.2) is 0 Å². The maximum atomic E-state index is 13.6. The van der Waals surface area contributed by atoms with Crippen molar-refractivity contribution in [3.63, 3.8) is 0 Å². The summed E-state index contributed by atoms with van der Waals surface area (Å²) in [6, 6.07) is 6.37. The third-order valence-electron chi connectivity index (χ3n) is 7.94. The number of nitrogens with zero attached hydrogens (tertiary/aromatic N) is 5. The maximum Gasteiger partial charge on any atom is 0.416 e. The first-order valence-electron chi connectivity index (χ1n) is 13.6. The minimum Gasteiger partial charge on any atom is -0.368 e. The predicted molar refractivity (Wildman–Crippen MR) is 154 cm³/mol. The molecule has 1 saturated heterocycles. The van der Waals surface area contributed by atoms with Gasteiger partial charge in [0.25, 0.3) is 5.91 Å². The number of amidine groups is 1. The number of primary amides is 1. The smallest absolute Gasteiger partial charge is 0.368 e. The lowest BCUT2D eigenvalue weighted by molar-refractivity contribution is -0.143. The van der Waals surface area contributed by atoms with Gasteiger partial charge in [-0.1, -0.05) is 12.1 Å². The number of halogens is 6. The highest BCUT2D eigenvalue weighted by Crippen LogP contribution is 2.38. The number of fused-ring (bicyclic) bond motifs is 1. The standard InChI is InChI=1S/C29H28F6N6O2S/c1-16(25(36)42)40-9-7-21(8-10-40)39(2)27-38-26(43)24(44-27)12-17-3-6-23-19(11-17)14-37-41(23)15-18-4-5-20(28(30,31)32)13-22(18)29(33,34)35/h3-6,11-14,16,21H,7-10,15H2,1-2H3,(H2,36,42). The molecule has 0 aliphatic carbocycles. The number of piperidine rings is 1. The Kier molecular flexibility index (Phi) is 8.55. The van der Waals surface area contributed by atoms with E-state index in [0.29, 0.717) is 45.7 Å². The minimum absolute atomic E-state index is 0.114. The van der Waals surface area contributed by atoms with Gasteiger partial charge in [-0.15, -0.1) is 0 Å². The third kappa shape index (κ3) is 6.62. The van der Waals surface area contributed by atoms with Gasteiger partial charge in [0.05, 0.1) is 40.3 Å². The molecule has 8 nitrogen and oxygen atoms in total. The number of alkyl halides is 6. The monoisotopic (exact) mass is 638 g/mol. The van der Waals surface area contributed by atoms with Crippen molar-refractivity contribution in [2.45, 2.75) is 50.7 Å². The number of thioether (sulfide) groups is 1. The van der Waals surface area contributed by atoms with Crippen LogP contribution in [0.3, 0.4) is 0 Å². The second-order valence-corrected chi connectivity index (χ2v) is 11.8. The van der Waals surface area contributed by atoms with Crippen molar-refractivity contribution in [2.75, 3.05) is 20.1 Å². The summed E-state index contributed by atoms with van der Waals surface area (Å²) in [5.41, 5.74) is 3.43. The molecule has 0 bridgehead atoms. The van der Waals surface area contributed by atoms with Crippen molar-refractivity contribution in [1.82, 2.24) is 19.6 Å². The van der Waals surface area contributed by atoms with Crippen molar-refractivity contribution in [3.8, 4) is 0 Å². The van der Waals surface area contributed by atoms with E-state index in [1.165, 1.54) is 22.6 Å². The van der Waals surface area contributed by atoms with Crippen molar-refractivity contribution >= 4 is 45.7 Å². The van der Waals surface area contributed by atoms with Crippen molar-refractivity contribution in [3.05, 3.63) is 69.8 Å². The number of aliphatic imine (C=N–C) groups is 1. The Morgan fingerprint density at radius 2 is 1.82 bits per heavy atom. The average molecular weight is 639 g/mol. The molecule has 5 rings (SSSR count). The summed E-state index contributed by atoms with van der Waals surface area (Å²) in [6.07, 6.45) is -5.23. The molecule has 2 amide bonds. The van der Waals surface area contributed by atoms with Gasteiger partial charge >= 0.3 is 12.4 Å². The fourth-order valence-corrected chi connectivity index (χ4v) is 6.28. The number of likely N-dealkylation sites (tertiary alicyclic amines) is 1. The molecule has 0 spiro atoms. The summed E-state index contributed by atoms with van der Waals surface area (Å²) in [5, 5.41) is 5.30. The van der Waals surface area contributed by atoms with Gasteiger partial charge in [0.15, 0.2) is 5.17 Å². The van der Waals surface area contributed by atoms with Crippen LogP contribution in [0, 0.1) is 0 Å². The van der Waals surface area contributed by atoms with Crippen LogP contribution in [-0.4, -0.2) is 68.8 Å². The van der Waals surface area contributed by atoms with Crippen LogP contribution in [0.1, 0.15) is 42.0 Å². The molecule has 3 aromatic rings. The molecule has 234 valence electrons. The number of nitrogens with two attached hydrogens (primary N) is 1. The zero-order chi connectivity index (χ0) is 32.0. The van der Waals surface area contributed by atoms with Gasteiger partial charge in [0, 0.05) is 31.6 Å². The molecule has 3 heterocycles. The normalized spacial score (nSPS) is 18.7.